The number of rotatable bonds is 3. The van der Waals surface area contributed by atoms with E-state index in [1.54, 1.807) is 32.2 Å². The minimum absolute atomic E-state index is 0.0149. The highest BCUT2D eigenvalue weighted by Crippen LogP contribution is 2.50. The van der Waals surface area contributed by atoms with E-state index in [-0.39, 0.29) is 35.5 Å². The number of nitrogens with zero attached hydrogens (tertiary/aromatic N) is 2. The van der Waals surface area contributed by atoms with Gasteiger partial charge in [0.05, 0.1) is 34.0 Å². The van der Waals surface area contributed by atoms with Gasteiger partial charge in [0.2, 0.25) is 5.91 Å². The SMILES string of the molecule is C=S1(=O)NC(=O)c2ccc3c(c2)N(C[C@@H]2CC[C@H]2[C@@](CC(=O)N(C)C)(OC)/C=C/C[C@H](C)[C@H]1C)C[C@@]1(CCCc2cc(Cl)ccc21)CO3. The number of hydrogen-bond acceptors (Lipinski definition) is 6. The van der Waals surface area contributed by atoms with Crippen molar-refractivity contribution in [3.05, 3.63) is 70.3 Å². The number of methoxy groups -OCH3 is 1. The number of ether oxygens (including phenoxy) is 2. The van der Waals surface area contributed by atoms with Crippen LogP contribution in [0.5, 0.6) is 5.75 Å². The molecule has 1 saturated carbocycles. The summed E-state index contributed by atoms with van der Waals surface area (Å²) in [6.45, 7) is 5.82. The fourth-order valence-corrected chi connectivity index (χ4v) is 10.0. The lowest BCUT2D eigenvalue weighted by molar-refractivity contribution is -0.140. The summed E-state index contributed by atoms with van der Waals surface area (Å²) in [4.78, 5) is 31.0. The Morgan fingerprint density at radius 1 is 1.21 bits per heavy atom. The summed E-state index contributed by atoms with van der Waals surface area (Å²) >= 11 is 6.46. The molecule has 4 aliphatic rings. The molecule has 2 bridgehead atoms. The maximum Gasteiger partial charge on any atom is 0.262 e. The number of aryl methyl sites for hydroxylation is 1. The molecule has 1 spiro atoms. The van der Waals surface area contributed by atoms with E-state index in [1.165, 1.54) is 11.1 Å². The average Bonchev–Trinajstić information content (AvgIpc) is 3.18. The van der Waals surface area contributed by atoms with Crippen LogP contribution in [0.25, 0.3) is 0 Å². The molecule has 10 heteroatoms. The highest BCUT2D eigenvalue weighted by molar-refractivity contribution is 7.99. The molecule has 2 amide bonds. The van der Waals surface area contributed by atoms with Gasteiger partial charge in [0.25, 0.3) is 5.91 Å². The van der Waals surface area contributed by atoms with E-state index in [4.69, 9.17) is 21.1 Å². The quantitative estimate of drug-likeness (QED) is 0.311. The van der Waals surface area contributed by atoms with E-state index in [0.29, 0.717) is 31.7 Å². The number of carbonyl (C=O) groups is 2. The van der Waals surface area contributed by atoms with Crippen LogP contribution in [0.1, 0.15) is 73.9 Å². The maximum absolute atomic E-state index is 13.9. The van der Waals surface area contributed by atoms with Gasteiger partial charge in [-0.3, -0.25) is 14.3 Å². The van der Waals surface area contributed by atoms with E-state index >= 15 is 0 Å². The highest BCUT2D eigenvalue weighted by Gasteiger charge is 2.50. The van der Waals surface area contributed by atoms with Crippen molar-refractivity contribution >= 4 is 44.7 Å². The molecule has 1 fully saturated rings. The summed E-state index contributed by atoms with van der Waals surface area (Å²) in [5.74, 6) is 4.63. The van der Waals surface area contributed by atoms with Gasteiger partial charge in [0.15, 0.2) is 0 Å². The number of carbonyl (C=O) groups excluding carboxylic acids is 2. The molecule has 1 N–H and O–H groups in total. The first-order chi connectivity index (χ1) is 22.8. The summed E-state index contributed by atoms with van der Waals surface area (Å²) in [5.41, 5.74) is 2.74. The first kappa shape index (κ1) is 34.8. The molecule has 0 aromatic heterocycles. The molecule has 0 radical (unpaired) electrons. The summed E-state index contributed by atoms with van der Waals surface area (Å²) in [7, 11) is 2.29. The van der Waals surface area contributed by atoms with E-state index in [9.17, 15) is 13.8 Å². The maximum atomic E-state index is 13.9. The molecule has 7 atom stereocenters. The second-order valence-corrected chi connectivity index (χ2v) is 17.7. The van der Waals surface area contributed by atoms with E-state index in [2.05, 4.69) is 39.8 Å². The first-order valence-electron chi connectivity index (χ1n) is 17.2. The lowest BCUT2D eigenvalue weighted by Crippen LogP contribution is -2.54. The molecule has 48 heavy (non-hydrogen) atoms. The molecule has 0 saturated heterocycles. The molecule has 2 aliphatic carbocycles. The summed E-state index contributed by atoms with van der Waals surface area (Å²) in [6, 6.07) is 11.7. The van der Waals surface area contributed by atoms with Crippen LogP contribution < -0.4 is 14.4 Å². The third kappa shape index (κ3) is 6.50. The predicted octanol–water partition coefficient (Wildman–Crippen LogP) is 6.05. The minimum Gasteiger partial charge on any atom is -0.490 e. The number of allylic oxidation sites excluding steroid dienone is 1. The largest absolute Gasteiger partial charge is 0.490 e. The molecule has 2 aromatic carbocycles. The number of amides is 2. The van der Waals surface area contributed by atoms with Crippen molar-refractivity contribution in [1.82, 2.24) is 9.62 Å². The Morgan fingerprint density at radius 3 is 2.71 bits per heavy atom. The summed E-state index contributed by atoms with van der Waals surface area (Å²) in [6.07, 6.45) is 9.92. The van der Waals surface area contributed by atoms with Gasteiger partial charge < -0.3 is 19.3 Å². The van der Waals surface area contributed by atoms with Gasteiger partial charge in [-0.15, -0.1) is 0 Å². The van der Waals surface area contributed by atoms with Gasteiger partial charge in [-0.2, -0.15) is 0 Å². The standard InChI is InChI=1S/C38H50ClN3O5S/c1-25-9-7-18-38(46-5,21-35(43)41(3)4)32-14-11-29(32)22-42-23-37(17-8-10-27-19-30(39)13-15-31(27)37)24-47-34-16-12-28(20-33(34)42)36(44)40-48(6,45)26(25)2/h7,12-13,15-16,18-20,25-26,29,32H,6,8-11,14,17,21-24H2,1-5H3,(H,40,44,45)/b18-7+/t25-,26+,29-,32+,37-,38+,48?/m0/s1. The van der Waals surface area contributed by atoms with Crippen LogP contribution in [-0.2, 0) is 31.1 Å². The fraction of sp³-hybridized carbons (Fsp3) is 0.553. The number of halogens is 1. The van der Waals surface area contributed by atoms with Crippen LogP contribution in [0.3, 0.4) is 0 Å². The molecule has 1 unspecified atom stereocenters. The van der Waals surface area contributed by atoms with Crippen LogP contribution >= 0.6 is 11.6 Å². The highest BCUT2D eigenvalue weighted by atomic mass is 35.5. The molecule has 2 aliphatic heterocycles. The second kappa shape index (κ2) is 13.4. The van der Waals surface area contributed by atoms with Gasteiger partial charge in [-0.25, -0.2) is 4.21 Å². The van der Waals surface area contributed by atoms with Crippen molar-refractivity contribution in [1.29, 1.82) is 0 Å². The number of benzene rings is 2. The summed E-state index contributed by atoms with van der Waals surface area (Å²) < 4.78 is 29.7. The van der Waals surface area contributed by atoms with Gasteiger partial charge in [0.1, 0.15) is 5.75 Å². The average molecular weight is 696 g/mol. The van der Waals surface area contributed by atoms with Crippen molar-refractivity contribution < 1.29 is 23.3 Å². The zero-order chi connectivity index (χ0) is 34.4. The lowest BCUT2D eigenvalue weighted by Gasteiger charge is -2.50. The monoisotopic (exact) mass is 695 g/mol. The van der Waals surface area contributed by atoms with Crippen molar-refractivity contribution in [3.63, 3.8) is 0 Å². The Kier molecular flexibility index (Phi) is 9.70. The van der Waals surface area contributed by atoms with Crippen LogP contribution in [-0.4, -0.2) is 78.5 Å². The van der Waals surface area contributed by atoms with Crippen molar-refractivity contribution in [2.45, 2.75) is 75.1 Å². The lowest BCUT2D eigenvalue weighted by atomic mass is 9.62. The topological polar surface area (TPSA) is 88.2 Å². The number of anilines is 1. The normalized spacial score (nSPS) is 34.0. The smallest absolute Gasteiger partial charge is 0.262 e. The fourth-order valence-electron chi connectivity index (χ4n) is 8.33. The van der Waals surface area contributed by atoms with Gasteiger partial charge in [-0.05, 0) is 111 Å². The zero-order valence-electron chi connectivity index (χ0n) is 28.9. The number of nitrogens with one attached hydrogen (secondary N) is 1. The Morgan fingerprint density at radius 2 is 2.00 bits per heavy atom. The Hall–Kier alpha value is -3.01. The zero-order valence-corrected chi connectivity index (χ0v) is 30.5. The second-order valence-electron chi connectivity index (χ2n) is 14.8. The molecular formula is C38H50ClN3O5S. The van der Waals surface area contributed by atoms with Gasteiger partial charge in [-0.1, -0.05) is 36.7 Å². The Bertz CT molecular complexity index is 1710. The molecule has 6 rings (SSSR count). The van der Waals surface area contributed by atoms with Crippen LogP contribution in [0, 0.1) is 17.8 Å². The van der Waals surface area contributed by atoms with Gasteiger partial charge >= 0.3 is 0 Å². The third-order valence-electron chi connectivity index (χ3n) is 11.7. The van der Waals surface area contributed by atoms with Crippen LogP contribution in [0.2, 0.25) is 5.02 Å². The van der Waals surface area contributed by atoms with Crippen LogP contribution in [0.4, 0.5) is 5.69 Å². The number of fused-ring (bicyclic) bond motifs is 4. The van der Waals surface area contributed by atoms with Crippen molar-refractivity contribution in [2.24, 2.45) is 17.8 Å². The molecule has 260 valence electrons. The minimum atomic E-state index is -2.99. The Labute approximate surface area is 291 Å². The van der Waals surface area contributed by atoms with Gasteiger partial charge in [0, 0.05) is 55.5 Å². The van der Waals surface area contributed by atoms with Crippen LogP contribution in [0.15, 0.2) is 48.6 Å². The first-order valence-corrected chi connectivity index (χ1v) is 19.4. The predicted molar refractivity (Wildman–Crippen MR) is 195 cm³/mol. The number of hydrogen-bond donors (Lipinski definition) is 1. The summed E-state index contributed by atoms with van der Waals surface area (Å²) in [5, 5.41) is 0.347. The molecule has 8 nitrogen and oxygen atoms in total. The third-order valence-corrected chi connectivity index (χ3v) is 14.1. The molecule has 2 aromatic rings. The van der Waals surface area contributed by atoms with E-state index in [0.717, 1.165) is 48.6 Å². The van der Waals surface area contributed by atoms with E-state index < -0.39 is 26.5 Å². The van der Waals surface area contributed by atoms with Crippen molar-refractivity contribution in [3.8, 4) is 5.75 Å². The van der Waals surface area contributed by atoms with E-state index in [1.807, 2.05) is 32.0 Å². The molecular weight excluding hydrogens is 646 g/mol. The van der Waals surface area contributed by atoms with Crippen molar-refractivity contribution in [2.75, 3.05) is 45.8 Å². The Balaban J connectivity index is 1.47. The molecule has 2 heterocycles.